The molecule has 0 unspecified atom stereocenters. The molecule has 0 bridgehead atoms. The van der Waals surface area contributed by atoms with Gasteiger partial charge in [-0.05, 0) is 0 Å². The van der Waals surface area contributed by atoms with Crippen molar-refractivity contribution in [2.75, 3.05) is 0 Å². The fourth-order valence-corrected chi connectivity index (χ4v) is 0. The normalized spacial score (nSPS) is 1.60. The SMILES string of the molecule is O=C=O.[Cl-].[Li+]. The van der Waals surface area contributed by atoms with Gasteiger partial charge in [-0.15, -0.1) is 0 Å². The average molecular weight is 86.4 g/mol. The summed E-state index contributed by atoms with van der Waals surface area (Å²) in [5.41, 5.74) is 0. The van der Waals surface area contributed by atoms with Crippen LogP contribution in [-0.4, -0.2) is 6.15 Å². The maximum atomic E-state index is 8.12. The van der Waals surface area contributed by atoms with E-state index in [0.29, 0.717) is 0 Å². The van der Waals surface area contributed by atoms with Crippen molar-refractivity contribution in [1.29, 1.82) is 0 Å². The van der Waals surface area contributed by atoms with E-state index in [2.05, 4.69) is 0 Å². The Morgan fingerprint density at radius 2 is 1.20 bits per heavy atom. The van der Waals surface area contributed by atoms with Gasteiger partial charge in [0.05, 0.1) is 0 Å². The van der Waals surface area contributed by atoms with E-state index in [1.165, 1.54) is 0 Å². The molecule has 24 valence electrons. The van der Waals surface area contributed by atoms with Crippen LogP contribution in [-0.2, 0) is 9.59 Å². The Balaban J connectivity index is -0.0000000200. The molecule has 0 aromatic rings. The van der Waals surface area contributed by atoms with Gasteiger partial charge in [0.25, 0.3) is 0 Å². The molecule has 0 aromatic carbocycles. The Bertz CT molecular complexity index is 30.6. The molecule has 0 aliphatic carbocycles. The average Bonchev–Trinajstić information content (AvgIpc) is 0.918. The third-order valence-electron chi connectivity index (χ3n) is 0. The summed E-state index contributed by atoms with van der Waals surface area (Å²) >= 11 is 0. The molecule has 4 heteroatoms. The maximum Gasteiger partial charge on any atom is 1.00 e. The Morgan fingerprint density at radius 3 is 1.20 bits per heavy atom. The van der Waals surface area contributed by atoms with Crippen molar-refractivity contribution in [3.8, 4) is 0 Å². The molecule has 0 radical (unpaired) electrons. The van der Waals surface area contributed by atoms with Crippen LogP contribution in [0.15, 0.2) is 0 Å². The van der Waals surface area contributed by atoms with Gasteiger partial charge in [-0.25, -0.2) is 0 Å². The van der Waals surface area contributed by atoms with E-state index in [9.17, 15) is 0 Å². The first kappa shape index (κ1) is 18.7. The maximum absolute atomic E-state index is 8.12. The second-order valence-corrected chi connectivity index (χ2v) is 0.0833. The predicted octanol–water partition coefficient (Wildman–Crippen LogP) is -6.58. The molecule has 0 fully saturated rings. The van der Waals surface area contributed by atoms with E-state index >= 15 is 0 Å². The van der Waals surface area contributed by atoms with Gasteiger partial charge < -0.3 is 12.4 Å². The molecule has 5 heavy (non-hydrogen) atoms. The molecule has 0 saturated heterocycles. The fraction of sp³-hybridized carbons (Fsp3) is 0. The second kappa shape index (κ2) is 28.4. The monoisotopic (exact) mass is 86.0 g/mol. The minimum absolute atomic E-state index is 0. The zero-order chi connectivity index (χ0) is 2.71. The minimum atomic E-state index is 0. The zero-order valence-electron chi connectivity index (χ0n) is 2.69. The molecule has 0 aromatic heterocycles. The molecular weight excluding hydrogens is 86.4 g/mol. The van der Waals surface area contributed by atoms with Gasteiger partial charge in [0.2, 0.25) is 0 Å². The van der Waals surface area contributed by atoms with Gasteiger partial charge in [-0.1, -0.05) is 0 Å². The van der Waals surface area contributed by atoms with Crippen molar-refractivity contribution in [1.82, 2.24) is 0 Å². The molecule has 2 nitrogen and oxygen atoms in total. The van der Waals surface area contributed by atoms with Gasteiger partial charge in [0.1, 0.15) is 0 Å². The Labute approximate surface area is 47.5 Å². The number of hydrogen-bond acceptors (Lipinski definition) is 2. The van der Waals surface area contributed by atoms with Crippen molar-refractivity contribution < 1.29 is 40.9 Å². The van der Waals surface area contributed by atoms with E-state index < -0.39 is 0 Å². The van der Waals surface area contributed by atoms with Crippen LogP contribution in [0.25, 0.3) is 0 Å². The smallest absolute Gasteiger partial charge is 1.00 e. The van der Waals surface area contributed by atoms with E-state index in [4.69, 9.17) is 9.59 Å². The molecule has 0 rings (SSSR count). The first-order valence-corrected chi connectivity index (χ1v) is 0.408. The number of halogens is 1. The standard InChI is InChI=1S/CO2.ClH.Li/c2-1-3;;/h;1H;/q;;+1/p-1. The van der Waals surface area contributed by atoms with Crippen molar-refractivity contribution in [2.45, 2.75) is 0 Å². The molecule has 0 aliphatic heterocycles. The third kappa shape index (κ3) is 307. The van der Waals surface area contributed by atoms with Crippen molar-refractivity contribution >= 4 is 6.15 Å². The van der Waals surface area contributed by atoms with Gasteiger partial charge >= 0.3 is 25.0 Å². The summed E-state index contributed by atoms with van der Waals surface area (Å²) in [5, 5.41) is 0. The van der Waals surface area contributed by atoms with Crippen LogP contribution in [0, 0.1) is 0 Å². The van der Waals surface area contributed by atoms with Crippen LogP contribution in [0.1, 0.15) is 0 Å². The second-order valence-electron chi connectivity index (χ2n) is 0.0833. The van der Waals surface area contributed by atoms with Crippen LogP contribution in [0.4, 0.5) is 0 Å². The Morgan fingerprint density at radius 1 is 1.20 bits per heavy atom. The fourth-order valence-electron chi connectivity index (χ4n) is 0. The van der Waals surface area contributed by atoms with E-state index in [-0.39, 0.29) is 37.4 Å². The molecule has 0 N–H and O–H groups in total. The summed E-state index contributed by atoms with van der Waals surface area (Å²) in [4.78, 5) is 16.2. The molecule has 0 spiro atoms. The Hall–Kier alpha value is 0.267. The van der Waals surface area contributed by atoms with E-state index in [1.807, 2.05) is 0 Å². The van der Waals surface area contributed by atoms with Crippen LogP contribution in [0.5, 0.6) is 0 Å². The largest absolute Gasteiger partial charge is 1.00 e. The topological polar surface area (TPSA) is 34.1 Å². The summed E-state index contributed by atoms with van der Waals surface area (Å²) in [6.45, 7) is 0. The van der Waals surface area contributed by atoms with Gasteiger partial charge in [0, 0.05) is 0 Å². The molecule has 0 saturated carbocycles. The molecular formula is CClLiO2. The molecule has 0 heterocycles. The van der Waals surface area contributed by atoms with Gasteiger partial charge in [-0.3, -0.25) is 0 Å². The molecule has 0 atom stereocenters. The van der Waals surface area contributed by atoms with Crippen LogP contribution >= 0.6 is 0 Å². The van der Waals surface area contributed by atoms with Crippen molar-refractivity contribution in [3.05, 3.63) is 0 Å². The van der Waals surface area contributed by atoms with Crippen LogP contribution in [0.3, 0.4) is 0 Å². The van der Waals surface area contributed by atoms with Crippen molar-refractivity contribution in [2.24, 2.45) is 0 Å². The third-order valence-corrected chi connectivity index (χ3v) is 0. The van der Waals surface area contributed by atoms with E-state index in [1.54, 1.807) is 0 Å². The quantitative estimate of drug-likeness (QED) is 0.275. The summed E-state index contributed by atoms with van der Waals surface area (Å²) in [6, 6.07) is 0. The summed E-state index contributed by atoms with van der Waals surface area (Å²) in [7, 11) is 0. The summed E-state index contributed by atoms with van der Waals surface area (Å²) < 4.78 is 0. The minimum Gasteiger partial charge on any atom is -1.00 e. The summed E-state index contributed by atoms with van der Waals surface area (Å²) in [6.07, 6.45) is 0.250. The summed E-state index contributed by atoms with van der Waals surface area (Å²) in [5.74, 6) is 0. The Kier molecular flexibility index (Phi) is 106. The van der Waals surface area contributed by atoms with Crippen LogP contribution in [0.2, 0.25) is 0 Å². The van der Waals surface area contributed by atoms with Crippen LogP contribution < -0.4 is 31.3 Å². The zero-order valence-corrected chi connectivity index (χ0v) is 3.45. The number of carbonyl (C=O) groups excluding carboxylic acids is 2. The number of rotatable bonds is 0. The van der Waals surface area contributed by atoms with Gasteiger partial charge in [-0.2, -0.15) is 9.59 Å². The first-order valence-electron chi connectivity index (χ1n) is 0.408. The molecule has 0 aliphatic rings. The predicted molar refractivity (Wildman–Crippen MR) is 5.01 cm³/mol. The van der Waals surface area contributed by atoms with Crippen molar-refractivity contribution in [3.63, 3.8) is 0 Å². The first-order chi connectivity index (χ1) is 1.41. The number of hydrogen-bond donors (Lipinski definition) is 0. The molecule has 0 amide bonds. The van der Waals surface area contributed by atoms with Gasteiger partial charge in [0.15, 0.2) is 0 Å². The van der Waals surface area contributed by atoms with E-state index in [0.717, 1.165) is 0 Å².